The number of nitriles is 2. The van der Waals surface area contributed by atoms with Gasteiger partial charge in [-0.15, -0.1) is 0 Å². The summed E-state index contributed by atoms with van der Waals surface area (Å²) in [4.78, 5) is 3.92. The molecule has 0 bridgehead atoms. The highest BCUT2D eigenvalue weighted by atomic mass is 32.2. The fourth-order valence-electron chi connectivity index (χ4n) is 1.42. The van der Waals surface area contributed by atoms with E-state index in [1.165, 1.54) is 18.3 Å². The molecular formula is C11H13N5O2S. The van der Waals surface area contributed by atoms with Gasteiger partial charge >= 0.3 is 0 Å². The highest BCUT2D eigenvalue weighted by Crippen LogP contribution is 2.21. The van der Waals surface area contributed by atoms with Crippen LogP contribution in [0.15, 0.2) is 23.2 Å². The van der Waals surface area contributed by atoms with E-state index in [0.29, 0.717) is 6.54 Å². The standard InChI is InChI=1S/C11H13N5O2S/c1-2-14-11-10(4-3-7-15-11)19(17,18)16(8-5-12)9-6-13/h3-4,7H,2,8-9H2,1H3,(H,14,15). The molecule has 0 aliphatic carbocycles. The maximum atomic E-state index is 12.4. The van der Waals surface area contributed by atoms with Crippen molar-refractivity contribution in [2.24, 2.45) is 0 Å². The summed E-state index contributed by atoms with van der Waals surface area (Å²) in [6.07, 6.45) is 1.47. The van der Waals surface area contributed by atoms with Crippen LogP contribution in [0.25, 0.3) is 0 Å². The lowest BCUT2D eigenvalue weighted by atomic mass is 10.4. The summed E-state index contributed by atoms with van der Waals surface area (Å²) in [5.74, 6) is 0.214. The van der Waals surface area contributed by atoms with Crippen molar-refractivity contribution in [3.8, 4) is 12.1 Å². The number of pyridine rings is 1. The molecule has 0 saturated heterocycles. The molecule has 7 nitrogen and oxygen atoms in total. The first kappa shape index (κ1) is 14.9. The number of aromatic nitrogens is 1. The topological polar surface area (TPSA) is 110 Å². The molecule has 1 N–H and O–H groups in total. The lowest BCUT2D eigenvalue weighted by Crippen LogP contribution is -2.32. The fraction of sp³-hybridized carbons (Fsp3) is 0.364. The second-order valence-electron chi connectivity index (χ2n) is 3.47. The number of nitrogens with zero attached hydrogens (tertiary/aromatic N) is 4. The number of nitrogens with one attached hydrogen (secondary N) is 1. The van der Waals surface area contributed by atoms with Gasteiger partial charge in [-0.05, 0) is 19.1 Å². The molecule has 0 fully saturated rings. The van der Waals surface area contributed by atoms with Gasteiger partial charge in [0.1, 0.15) is 23.8 Å². The summed E-state index contributed by atoms with van der Waals surface area (Å²) < 4.78 is 25.5. The number of hydrogen-bond acceptors (Lipinski definition) is 6. The molecular weight excluding hydrogens is 266 g/mol. The third-order valence-corrected chi connectivity index (χ3v) is 4.05. The highest BCUT2D eigenvalue weighted by molar-refractivity contribution is 7.89. The minimum atomic E-state index is -3.91. The normalized spacial score (nSPS) is 10.7. The van der Waals surface area contributed by atoms with Crippen molar-refractivity contribution in [1.29, 1.82) is 10.5 Å². The van der Waals surface area contributed by atoms with Crippen LogP contribution in [0, 0.1) is 22.7 Å². The summed E-state index contributed by atoms with van der Waals surface area (Å²) in [5.41, 5.74) is 0. The molecule has 0 saturated carbocycles. The summed E-state index contributed by atoms with van der Waals surface area (Å²) >= 11 is 0. The average Bonchev–Trinajstić information content (AvgIpc) is 2.39. The smallest absolute Gasteiger partial charge is 0.248 e. The zero-order valence-corrected chi connectivity index (χ0v) is 11.2. The van der Waals surface area contributed by atoms with Gasteiger partial charge < -0.3 is 5.32 Å². The van der Waals surface area contributed by atoms with Crippen molar-refractivity contribution >= 4 is 15.8 Å². The quantitative estimate of drug-likeness (QED) is 0.761. The maximum absolute atomic E-state index is 12.4. The first-order chi connectivity index (χ1) is 9.07. The van der Waals surface area contributed by atoms with Crippen LogP contribution in [0.4, 0.5) is 5.82 Å². The van der Waals surface area contributed by atoms with Crippen LogP contribution in [0.5, 0.6) is 0 Å². The number of rotatable bonds is 6. The monoisotopic (exact) mass is 279 g/mol. The number of hydrogen-bond donors (Lipinski definition) is 1. The Hall–Kier alpha value is -2.16. The summed E-state index contributed by atoms with van der Waals surface area (Å²) in [5, 5.41) is 20.1. The number of anilines is 1. The van der Waals surface area contributed by atoms with E-state index in [1.807, 2.05) is 6.92 Å². The predicted octanol–water partition coefficient (Wildman–Crippen LogP) is 0.551. The summed E-state index contributed by atoms with van der Waals surface area (Å²) in [6, 6.07) is 6.35. The Balaban J connectivity index is 3.26. The van der Waals surface area contributed by atoms with Crippen LogP contribution < -0.4 is 5.32 Å². The predicted molar refractivity (Wildman–Crippen MR) is 68.4 cm³/mol. The van der Waals surface area contributed by atoms with Gasteiger partial charge in [-0.1, -0.05) is 0 Å². The van der Waals surface area contributed by atoms with E-state index in [2.05, 4.69) is 10.3 Å². The van der Waals surface area contributed by atoms with Crippen molar-refractivity contribution in [3.63, 3.8) is 0 Å². The molecule has 0 aliphatic heterocycles. The Morgan fingerprint density at radius 2 is 2.00 bits per heavy atom. The Bertz CT molecular complexity index is 599. The largest absolute Gasteiger partial charge is 0.369 e. The summed E-state index contributed by atoms with van der Waals surface area (Å²) in [6.45, 7) is 1.57. The molecule has 8 heteroatoms. The van der Waals surface area contributed by atoms with Gasteiger partial charge in [0.2, 0.25) is 10.0 Å². The molecule has 100 valence electrons. The first-order valence-corrected chi connectivity index (χ1v) is 6.94. The zero-order valence-electron chi connectivity index (χ0n) is 10.4. The van der Waals surface area contributed by atoms with Crippen LogP contribution in [-0.4, -0.2) is 37.3 Å². The van der Waals surface area contributed by atoms with E-state index < -0.39 is 10.0 Å². The summed E-state index contributed by atoms with van der Waals surface area (Å²) in [7, 11) is -3.91. The molecule has 1 aromatic rings. The van der Waals surface area contributed by atoms with Crippen LogP contribution in [0.2, 0.25) is 0 Å². The molecule has 0 amide bonds. The zero-order chi connectivity index (χ0) is 14.3. The minimum absolute atomic E-state index is 0.0395. The molecule has 1 heterocycles. The van der Waals surface area contributed by atoms with Gasteiger partial charge in [0, 0.05) is 12.7 Å². The van der Waals surface area contributed by atoms with E-state index in [9.17, 15) is 8.42 Å². The molecule has 0 atom stereocenters. The van der Waals surface area contributed by atoms with Crippen molar-refractivity contribution in [3.05, 3.63) is 18.3 Å². The minimum Gasteiger partial charge on any atom is -0.369 e. The molecule has 0 spiro atoms. The second-order valence-corrected chi connectivity index (χ2v) is 5.38. The van der Waals surface area contributed by atoms with Crippen LogP contribution >= 0.6 is 0 Å². The first-order valence-electron chi connectivity index (χ1n) is 5.50. The fourth-order valence-corrected chi connectivity index (χ4v) is 2.77. The van der Waals surface area contributed by atoms with E-state index in [0.717, 1.165) is 4.31 Å². The third kappa shape index (κ3) is 3.41. The van der Waals surface area contributed by atoms with Crippen LogP contribution in [-0.2, 0) is 10.0 Å². The maximum Gasteiger partial charge on any atom is 0.248 e. The van der Waals surface area contributed by atoms with E-state index >= 15 is 0 Å². The van der Waals surface area contributed by atoms with Gasteiger partial charge in [-0.3, -0.25) is 0 Å². The van der Waals surface area contributed by atoms with Gasteiger partial charge in [-0.25, -0.2) is 13.4 Å². The third-order valence-electron chi connectivity index (χ3n) is 2.23. The molecule has 0 aromatic carbocycles. The second kappa shape index (κ2) is 6.69. The SMILES string of the molecule is CCNc1ncccc1S(=O)(=O)N(CC#N)CC#N. The molecule has 19 heavy (non-hydrogen) atoms. The van der Waals surface area contributed by atoms with Crippen molar-refractivity contribution in [2.45, 2.75) is 11.8 Å². The highest BCUT2D eigenvalue weighted by Gasteiger charge is 2.27. The Kier molecular flexibility index (Phi) is 5.24. The van der Waals surface area contributed by atoms with Crippen molar-refractivity contribution < 1.29 is 8.42 Å². The van der Waals surface area contributed by atoms with Crippen LogP contribution in [0.3, 0.4) is 0 Å². The molecule has 0 unspecified atom stereocenters. The molecule has 0 radical (unpaired) electrons. The van der Waals surface area contributed by atoms with E-state index in [-0.39, 0.29) is 23.8 Å². The van der Waals surface area contributed by atoms with Crippen molar-refractivity contribution in [1.82, 2.24) is 9.29 Å². The molecule has 0 aliphatic rings. The number of sulfonamides is 1. The van der Waals surface area contributed by atoms with Crippen molar-refractivity contribution in [2.75, 3.05) is 25.0 Å². The van der Waals surface area contributed by atoms with E-state index in [4.69, 9.17) is 10.5 Å². The van der Waals surface area contributed by atoms with Gasteiger partial charge in [-0.2, -0.15) is 14.8 Å². The lowest BCUT2D eigenvalue weighted by Gasteiger charge is -2.17. The molecule has 1 rings (SSSR count). The van der Waals surface area contributed by atoms with Gasteiger partial charge in [0.05, 0.1) is 12.1 Å². The van der Waals surface area contributed by atoms with Crippen LogP contribution in [0.1, 0.15) is 6.92 Å². The van der Waals surface area contributed by atoms with Gasteiger partial charge in [0.25, 0.3) is 0 Å². The Labute approximate surface area is 112 Å². The lowest BCUT2D eigenvalue weighted by molar-refractivity contribution is 0.479. The Morgan fingerprint density at radius 3 is 2.53 bits per heavy atom. The average molecular weight is 279 g/mol. The van der Waals surface area contributed by atoms with E-state index in [1.54, 1.807) is 12.1 Å². The van der Waals surface area contributed by atoms with Gasteiger partial charge in [0.15, 0.2) is 0 Å². The molecule has 1 aromatic heterocycles. The Morgan fingerprint density at radius 1 is 1.37 bits per heavy atom.